The highest BCUT2D eigenvalue weighted by molar-refractivity contribution is 5.80. The molecule has 3 rings (SSSR count). The molecule has 6 nitrogen and oxygen atoms in total. The van der Waals surface area contributed by atoms with Crippen molar-refractivity contribution < 1.29 is 14.6 Å². The summed E-state index contributed by atoms with van der Waals surface area (Å²) in [5, 5.41) is 22.9. The van der Waals surface area contributed by atoms with E-state index in [4.69, 9.17) is 10.00 Å². The third kappa shape index (κ3) is 2.32. The lowest BCUT2D eigenvalue weighted by atomic mass is 9.84. The molecule has 1 amide bonds. The van der Waals surface area contributed by atoms with Gasteiger partial charge < -0.3 is 20.1 Å². The van der Waals surface area contributed by atoms with Crippen LogP contribution in [0.2, 0.25) is 0 Å². The number of nitrogens with zero attached hydrogens (tertiary/aromatic N) is 2. The Morgan fingerprint density at radius 1 is 1.50 bits per heavy atom. The molecular weight excluding hydrogens is 282 g/mol. The van der Waals surface area contributed by atoms with Gasteiger partial charge in [0, 0.05) is 18.7 Å². The van der Waals surface area contributed by atoms with Gasteiger partial charge in [0.05, 0.1) is 24.2 Å². The van der Waals surface area contributed by atoms with Crippen molar-refractivity contribution in [3.63, 3.8) is 0 Å². The monoisotopic (exact) mass is 301 g/mol. The Morgan fingerprint density at radius 3 is 2.95 bits per heavy atom. The van der Waals surface area contributed by atoms with Gasteiger partial charge in [-0.25, -0.2) is 0 Å². The van der Waals surface area contributed by atoms with Crippen molar-refractivity contribution in [3.8, 4) is 11.8 Å². The minimum absolute atomic E-state index is 0.0543. The van der Waals surface area contributed by atoms with Crippen molar-refractivity contribution in [1.29, 1.82) is 5.26 Å². The van der Waals surface area contributed by atoms with E-state index in [1.165, 1.54) is 0 Å². The number of amides is 1. The van der Waals surface area contributed by atoms with Gasteiger partial charge in [-0.05, 0) is 32.0 Å². The number of carbonyl (C=O) groups excluding carboxylic acids is 1. The van der Waals surface area contributed by atoms with E-state index in [0.29, 0.717) is 30.0 Å². The SMILES string of the molecule is CC1(C)Oc2ccc(C#N)cc2C(N2CCNCC2=O)[C@@H]1O. The van der Waals surface area contributed by atoms with Gasteiger partial charge in [0.25, 0.3) is 0 Å². The first-order valence-electron chi connectivity index (χ1n) is 7.35. The number of hydrogen-bond donors (Lipinski definition) is 2. The summed E-state index contributed by atoms with van der Waals surface area (Å²) in [6.45, 7) is 5.07. The molecule has 0 aromatic heterocycles. The molecule has 0 aliphatic carbocycles. The summed E-state index contributed by atoms with van der Waals surface area (Å²) in [6.07, 6.45) is -0.865. The van der Waals surface area contributed by atoms with E-state index >= 15 is 0 Å². The van der Waals surface area contributed by atoms with Crippen LogP contribution in [-0.4, -0.2) is 47.3 Å². The predicted molar refractivity (Wildman–Crippen MR) is 79.2 cm³/mol. The average Bonchev–Trinajstić information content (AvgIpc) is 2.49. The number of aliphatic hydroxyl groups excluding tert-OH is 1. The van der Waals surface area contributed by atoms with E-state index in [9.17, 15) is 9.90 Å². The molecule has 1 aromatic rings. The molecule has 0 bridgehead atoms. The highest BCUT2D eigenvalue weighted by Gasteiger charge is 2.47. The summed E-state index contributed by atoms with van der Waals surface area (Å²) >= 11 is 0. The molecule has 2 N–H and O–H groups in total. The second kappa shape index (κ2) is 5.27. The van der Waals surface area contributed by atoms with Crippen molar-refractivity contribution in [2.45, 2.75) is 31.6 Å². The van der Waals surface area contributed by atoms with Crippen LogP contribution in [0.5, 0.6) is 5.75 Å². The maximum Gasteiger partial charge on any atom is 0.237 e. The van der Waals surface area contributed by atoms with Crippen LogP contribution in [0.3, 0.4) is 0 Å². The zero-order valence-electron chi connectivity index (χ0n) is 12.7. The van der Waals surface area contributed by atoms with E-state index in [2.05, 4.69) is 11.4 Å². The lowest BCUT2D eigenvalue weighted by Gasteiger charge is -2.47. The quantitative estimate of drug-likeness (QED) is 0.792. The largest absolute Gasteiger partial charge is 0.485 e. The number of rotatable bonds is 1. The first-order valence-corrected chi connectivity index (χ1v) is 7.35. The number of nitrogens with one attached hydrogen (secondary N) is 1. The number of aliphatic hydroxyl groups is 1. The predicted octanol–water partition coefficient (Wildman–Crippen LogP) is 0.563. The van der Waals surface area contributed by atoms with Crippen LogP contribution < -0.4 is 10.1 Å². The molecule has 2 heterocycles. The summed E-state index contributed by atoms with van der Waals surface area (Å²) in [4.78, 5) is 13.9. The van der Waals surface area contributed by atoms with Crippen LogP contribution in [0.25, 0.3) is 0 Å². The number of nitriles is 1. The van der Waals surface area contributed by atoms with E-state index in [0.717, 1.165) is 0 Å². The number of piperazine rings is 1. The number of benzene rings is 1. The number of ether oxygens (including phenoxy) is 1. The molecule has 0 spiro atoms. The van der Waals surface area contributed by atoms with Crippen LogP contribution in [-0.2, 0) is 4.79 Å². The van der Waals surface area contributed by atoms with Crippen LogP contribution in [0.4, 0.5) is 0 Å². The number of fused-ring (bicyclic) bond motifs is 1. The van der Waals surface area contributed by atoms with E-state index in [1.54, 1.807) is 36.9 Å². The van der Waals surface area contributed by atoms with Crippen LogP contribution >= 0.6 is 0 Å². The van der Waals surface area contributed by atoms with Gasteiger partial charge in [0.15, 0.2) is 0 Å². The topological polar surface area (TPSA) is 85.6 Å². The Labute approximate surface area is 129 Å². The standard InChI is InChI=1S/C16H19N3O3/c1-16(2)15(21)14(19-6-5-18-9-13(19)20)11-7-10(8-17)3-4-12(11)22-16/h3-4,7,14-15,18,21H,5-6,9H2,1-2H3/t14?,15-/m0/s1. The number of hydrogen-bond acceptors (Lipinski definition) is 5. The van der Waals surface area contributed by atoms with E-state index < -0.39 is 17.7 Å². The van der Waals surface area contributed by atoms with Crippen molar-refractivity contribution in [2.24, 2.45) is 0 Å². The summed E-state index contributed by atoms with van der Waals surface area (Å²) in [5.74, 6) is 0.562. The first kappa shape index (κ1) is 14.8. The molecule has 0 radical (unpaired) electrons. The Hall–Kier alpha value is -2.10. The summed E-state index contributed by atoms with van der Waals surface area (Å²) in [5.41, 5.74) is 0.375. The summed E-state index contributed by atoms with van der Waals surface area (Å²) in [6, 6.07) is 6.72. The smallest absolute Gasteiger partial charge is 0.237 e. The summed E-state index contributed by atoms with van der Waals surface area (Å²) in [7, 11) is 0. The second-order valence-electron chi connectivity index (χ2n) is 6.22. The van der Waals surface area contributed by atoms with E-state index in [1.807, 2.05) is 0 Å². The average molecular weight is 301 g/mol. The molecule has 1 unspecified atom stereocenters. The van der Waals surface area contributed by atoms with Gasteiger partial charge in [0.2, 0.25) is 5.91 Å². The zero-order chi connectivity index (χ0) is 15.9. The van der Waals surface area contributed by atoms with Crippen molar-refractivity contribution in [2.75, 3.05) is 19.6 Å². The minimum Gasteiger partial charge on any atom is -0.485 e. The number of carbonyl (C=O) groups is 1. The van der Waals surface area contributed by atoms with Crippen molar-refractivity contribution in [3.05, 3.63) is 29.3 Å². The second-order valence-corrected chi connectivity index (χ2v) is 6.22. The molecule has 2 aliphatic rings. The maximum atomic E-state index is 12.3. The fourth-order valence-electron chi connectivity index (χ4n) is 3.09. The first-order chi connectivity index (χ1) is 10.4. The zero-order valence-corrected chi connectivity index (χ0v) is 12.7. The molecular formula is C16H19N3O3. The van der Waals surface area contributed by atoms with Gasteiger partial charge in [-0.3, -0.25) is 4.79 Å². The van der Waals surface area contributed by atoms with Crippen molar-refractivity contribution in [1.82, 2.24) is 10.2 Å². The molecule has 1 fully saturated rings. The Morgan fingerprint density at radius 2 is 2.27 bits per heavy atom. The molecule has 6 heteroatoms. The molecule has 116 valence electrons. The van der Waals surface area contributed by atoms with E-state index in [-0.39, 0.29) is 12.5 Å². The molecule has 2 aliphatic heterocycles. The van der Waals surface area contributed by atoms with Crippen LogP contribution in [0, 0.1) is 11.3 Å². The Balaban J connectivity index is 2.10. The lowest BCUT2D eigenvalue weighted by Crippen LogP contribution is -2.58. The Kier molecular flexibility index (Phi) is 3.55. The van der Waals surface area contributed by atoms with Gasteiger partial charge in [-0.2, -0.15) is 5.26 Å². The van der Waals surface area contributed by atoms with Gasteiger partial charge in [-0.1, -0.05) is 0 Å². The maximum absolute atomic E-state index is 12.3. The molecule has 1 saturated heterocycles. The van der Waals surface area contributed by atoms with Gasteiger partial charge in [-0.15, -0.1) is 0 Å². The molecule has 1 aromatic carbocycles. The van der Waals surface area contributed by atoms with Gasteiger partial charge in [0.1, 0.15) is 17.5 Å². The van der Waals surface area contributed by atoms with Crippen LogP contribution in [0.1, 0.15) is 31.0 Å². The summed E-state index contributed by atoms with van der Waals surface area (Å²) < 4.78 is 5.87. The lowest BCUT2D eigenvalue weighted by molar-refractivity contribution is -0.145. The fourth-order valence-corrected chi connectivity index (χ4v) is 3.09. The van der Waals surface area contributed by atoms with Crippen LogP contribution in [0.15, 0.2) is 18.2 Å². The molecule has 0 saturated carbocycles. The highest BCUT2D eigenvalue weighted by Crippen LogP contribution is 2.43. The van der Waals surface area contributed by atoms with Gasteiger partial charge >= 0.3 is 0 Å². The molecule has 2 atom stereocenters. The minimum atomic E-state index is -0.865. The third-order valence-corrected chi connectivity index (χ3v) is 4.30. The molecule has 22 heavy (non-hydrogen) atoms. The van der Waals surface area contributed by atoms with Crippen molar-refractivity contribution >= 4 is 5.91 Å². The Bertz CT molecular complexity index is 651. The third-order valence-electron chi connectivity index (χ3n) is 4.30. The normalized spacial score (nSPS) is 26.8. The fraction of sp³-hybridized carbons (Fsp3) is 0.500. The highest BCUT2D eigenvalue weighted by atomic mass is 16.5.